The summed E-state index contributed by atoms with van der Waals surface area (Å²) in [7, 11) is 0. The van der Waals surface area contributed by atoms with E-state index in [-0.39, 0.29) is 25.4 Å². The molecule has 3 fully saturated rings. The number of ether oxygens (including phenoxy) is 6. The van der Waals surface area contributed by atoms with Gasteiger partial charge in [-0.2, -0.15) is 0 Å². The quantitative estimate of drug-likeness (QED) is 0.581. The van der Waals surface area contributed by atoms with Gasteiger partial charge in [-0.1, -0.05) is 5.92 Å². The van der Waals surface area contributed by atoms with E-state index in [0.717, 1.165) is 0 Å². The molecule has 3 aliphatic heterocycles. The van der Waals surface area contributed by atoms with Crippen LogP contribution in [0.2, 0.25) is 0 Å². The molecule has 0 radical (unpaired) electrons. The molecule has 28 heavy (non-hydrogen) atoms. The third kappa shape index (κ3) is 3.43. The van der Waals surface area contributed by atoms with Crippen LogP contribution in [0, 0.1) is 12.3 Å². The van der Waals surface area contributed by atoms with E-state index in [0.29, 0.717) is 11.1 Å². The minimum Gasteiger partial charge on any atom is -0.456 e. The third-order valence-electron chi connectivity index (χ3n) is 4.97. The molecule has 7 heteroatoms. The van der Waals surface area contributed by atoms with E-state index in [2.05, 4.69) is 5.92 Å². The second-order valence-corrected chi connectivity index (χ2v) is 8.10. The van der Waals surface area contributed by atoms with Crippen molar-refractivity contribution >= 4 is 5.97 Å². The lowest BCUT2D eigenvalue weighted by Crippen LogP contribution is -2.60. The molecule has 7 nitrogen and oxygen atoms in total. The van der Waals surface area contributed by atoms with Gasteiger partial charge in [0.25, 0.3) is 0 Å². The Bertz CT molecular complexity index is 807. The minimum atomic E-state index is -1.26. The van der Waals surface area contributed by atoms with Gasteiger partial charge >= 0.3 is 5.97 Å². The van der Waals surface area contributed by atoms with Crippen molar-refractivity contribution in [1.82, 2.24) is 0 Å². The molecule has 3 saturated heterocycles. The SMILES string of the molecule is C#Cc1ccc(C(=O)OC[C@@]23OC[C@H]4OC(C)(C)O[C@H]4[C@@H]2OC(C)(C)O3)cc1. The summed E-state index contributed by atoms with van der Waals surface area (Å²) >= 11 is 0. The maximum absolute atomic E-state index is 12.5. The fourth-order valence-corrected chi connectivity index (χ4v) is 3.90. The Balaban J connectivity index is 1.51. The number of carbonyl (C=O) groups is 1. The number of rotatable bonds is 3. The molecular formula is C21H24O7. The minimum absolute atomic E-state index is 0.135. The lowest BCUT2D eigenvalue weighted by molar-refractivity contribution is -0.293. The van der Waals surface area contributed by atoms with Crippen molar-refractivity contribution in [2.75, 3.05) is 13.2 Å². The molecular weight excluding hydrogens is 364 g/mol. The highest BCUT2D eigenvalue weighted by Gasteiger charge is 2.65. The van der Waals surface area contributed by atoms with Gasteiger partial charge in [-0.25, -0.2) is 4.79 Å². The third-order valence-corrected chi connectivity index (χ3v) is 4.97. The van der Waals surface area contributed by atoms with Crippen LogP contribution in [-0.4, -0.2) is 54.9 Å². The average molecular weight is 388 g/mol. The Labute approximate surface area is 164 Å². The molecule has 4 atom stereocenters. The summed E-state index contributed by atoms with van der Waals surface area (Å²) in [6.45, 7) is 7.36. The summed E-state index contributed by atoms with van der Waals surface area (Å²) in [5.74, 6) is -0.923. The Hall–Kier alpha value is -1.95. The first-order valence-electron chi connectivity index (χ1n) is 9.24. The molecule has 0 unspecified atom stereocenters. The van der Waals surface area contributed by atoms with Crippen molar-refractivity contribution in [1.29, 1.82) is 0 Å². The van der Waals surface area contributed by atoms with Crippen LogP contribution in [0.15, 0.2) is 24.3 Å². The van der Waals surface area contributed by atoms with Gasteiger partial charge in [-0.05, 0) is 52.0 Å². The first kappa shape index (κ1) is 19.4. The molecule has 0 amide bonds. The molecule has 0 N–H and O–H groups in total. The molecule has 1 aromatic carbocycles. The van der Waals surface area contributed by atoms with Gasteiger partial charge in [0.2, 0.25) is 5.79 Å². The number of hydrogen-bond acceptors (Lipinski definition) is 7. The summed E-state index contributed by atoms with van der Waals surface area (Å²) in [5.41, 5.74) is 1.08. The molecule has 4 rings (SSSR count). The molecule has 0 aromatic heterocycles. The Morgan fingerprint density at radius 1 is 1.14 bits per heavy atom. The summed E-state index contributed by atoms with van der Waals surface area (Å²) in [4.78, 5) is 12.5. The van der Waals surface area contributed by atoms with Crippen LogP contribution in [0.5, 0.6) is 0 Å². The van der Waals surface area contributed by atoms with Crippen LogP contribution in [0.3, 0.4) is 0 Å². The molecule has 1 aromatic rings. The fraction of sp³-hybridized carbons (Fsp3) is 0.571. The van der Waals surface area contributed by atoms with Gasteiger partial charge in [0.15, 0.2) is 11.6 Å². The first-order valence-corrected chi connectivity index (χ1v) is 9.24. The van der Waals surface area contributed by atoms with Gasteiger partial charge in [-0.3, -0.25) is 0 Å². The Kier molecular flexibility index (Phi) is 4.53. The molecule has 0 saturated carbocycles. The summed E-state index contributed by atoms with van der Waals surface area (Å²) in [5, 5.41) is 0. The van der Waals surface area contributed by atoms with Gasteiger partial charge in [0.1, 0.15) is 24.9 Å². The summed E-state index contributed by atoms with van der Waals surface area (Å²) < 4.78 is 35.6. The Morgan fingerprint density at radius 2 is 1.86 bits per heavy atom. The maximum Gasteiger partial charge on any atom is 0.338 e. The first-order chi connectivity index (χ1) is 13.1. The van der Waals surface area contributed by atoms with Crippen LogP contribution >= 0.6 is 0 Å². The standard InChI is InChI=1S/C21H24O7/c1-6-13-7-9-14(10-8-13)18(22)23-12-21-17(27-20(4,5)28-21)16-15(11-24-21)25-19(2,3)26-16/h1,7-10,15-17H,11-12H2,2-5H3/t15-,16-,17+,21+/m1/s1. The van der Waals surface area contributed by atoms with E-state index in [1.165, 1.54) is 0 Å². The smallest absolute Gasteiger partial charge is 0.338 e. The zero-order valence-electron chi connectivity index (χ0n) is 16.4. The highest BCUT2D eigenvalue weighted by Crippen LogP contribution is 2.47. The van der Waals surface area contributed by atoms with Gasteiger partial charge in [-0.15, -0.1) is 6.42 Å². The second kappa shape index (κ2) is 6.55. The lowest BCUT2D eigenvalue weighted by atomic mass is 9.97. The number of carbonyl (C=O) groups excluding carboxylic acids is 1. The topological polar surface area (TPSA) is 72.5 Å². The number of hydrogen-bond donors (Lipinski definition) is 0. The predicted octanol–water partition coefficient (Wildman–Crippen LogP) is 2.22. The van der Waals surface area contributed by atoms with E-state index in [4.69, 9.17) is 34.8 Å². The van der Waals surface area contributed by atoms with Crippen molar-refractivity contribution in [3.8, 4) is 12.3 Å². The number of esters is 1. The van der Waals surface area contributed by atoms with Crippen LogP contribution in [0.4, 0.5) is 0 Å². The van der Waals surface area contributed by atoms with E-state index in [1.807, 2.05) is 13.8 Å². The summed E-state index contributed by atoms with van der Waals surface area (Å²) in [6, 6.07) is 6.61. The molecule has 3 heterocycles. The van der Waals surface area contributed by atoms with Crippen LogP contribution in [0.1, 0.15) is 43.6 Å². The maximum atomic E-state index is 12.5. The van der Waals surface area contributed by atoms with Gasteiger partial charge in [0.05, 0.1) is 12.2 Å². The number of terminal acetylenes is 1. The lowest BCUT2D eigenvalue weighted by Gasteiger charge is -2.40. The highest BCUT2D eigenvalue weighted by molar-refractivity contribution is 5.89. The average Bonchev–Trinajstić information content (AvgIpc) is 3.11. The zero-order chi connectivity index (χ0) is 20.2. The molecule has 3 aliphatic rings. The van der Waals surface area contributed by atoms with Crippen LogP contribution in [0.25, 0.3) is 0 Å². The van der Waals surface area contributed by atoms with Crippen molar-refractivity contribution in [2.24, 2.45) is 0 Å². The summed E-state index contributed by atoms with van der Waals surface area (Å²) in [6.07, 6.45) is 4.07. The van der Waals surface area contributed by atoms with Crippen LogP contribution in [-0.2, 0) is 28.4 Å². The molecule has 0 spiro atoms. The van der Waals surface area contributed by atoms with E-state index >= 15 is 0 Å². The number of benzene rings is 1. The van der Waals surface area contributed by atoms with Gasteiger partial charge in [0, 0.05) is 5.56 Å². The fourth-order valence-electron chi connectivity index (χ4n) is 3.90. The van der Waals surface area contributed by atoms with Crippen molar-refractivity contribution < 1.29 is 33.2 Å². The second-order valence-electron chi connectivity index (χ2n) is 8.10. The molecule has 0 aliphatic carbocycles. The molecule has 0 bridgehead atoms. The predicted molar refractivity (Wildman–Crippen MR) is 97.2 cm³/mol. The van der Waals surface area contributed by atoms with E-state index in [1.54, 1.807) is 38.1 Å². The van der Waals surface area contributed by atoms with E-state index in [9.17, 15) is 4.79 Å². The zero-order valence-corrected chi connectivity index (χ0v) is 16.4. The van der Waals surface area contributed by atoms with E-state index < -0.39 is 29.4 Å². The number of fused-ring (bicyclic) bond motifs is 3. The van der Waals surface area contributed by atoms with Crippen molar-refractivity contribution in [3.05, 3.63) is 35.4 Å². The van der Waals surface area contributed by atoms with Crippen molar-refractivity contribution in [3.63, 3.8) is 0 Å². The largest absolute Gasteiger partial charge is 0.456 e. The molecule has 150 valence electrons. The van der Waals surface area contributed by atoms with Gasteiger partial charge < -0.3 is 28.4 Å². The normalized spacial score (nSPS) is 34.9. The highest BCUT2D eigenvalue weighted by atomic mass is 16.9. The Morgan fingerprint density at radius 3 is 2.54 bits per heavy atom. The monoisotopic (exact) mass is 388 g/mol. The van der Waals surface area contributed by atoms with Crippen LogP contribution < -0.4 is 0 Å². The van der Waals surface area contributed by atoms with Crippen molar-refractivity contribution in [2.45, 2.75) is 63.4 Å².